The number of nitrogens with zero attached hydrogens (tertiary/aromatic N) is 12. The fraction of sp³-hybridized carbons (Fsp3) is 0.154. The summed E-state index contributed by atoms with van der Waals surface area (Å²) in [5.74, 6) is -7.38. The number of methoxy groups -OCH3 is 4. The molecule has 8 heterocycles. The molecule has 0 unspecified atom stereocenters. The molecule has 0 spiro atoms. The Balaban J connectivity index is -0.000000443. The Morgan fingerprint density at radius 2 is 0.375 bits per heavy atom. The number of hydrogen-bond acceptors (Lipinski definition) is 24. The normalized spacial score (nSPS) is 9.45. The number of pyridine rings is 8. The van der Waals surface area contributed by atoms with Gasteiger partial charge in [-0.1, -0.05) is 48.5 Å². The summed E-state index contributed by atoms with van der Waals surface area (Å²) >= 11 is 0. The number of hydrogen-bond donors (Lipinski definition) is 0. The predicted molar refractivity (Wildman–Crippen MR) is 248 cm³/mol. The maximum absolute atomic E-state index is 12.5. The molecule has 0 fully saturated rings. The molecule has 0 radical (unpaired) electrons. The summed E-state index contributed by atoms with van der Waals surface area (Å²) in [6.07, 6.45) is 14.5. The maximum atomic E-state index is 12.5. The van der Waals surface area contributed by atoms with E-state index in [0.717, 1.165) is 0 Å². The molecule has 8 rings (SSSR count). The van der Waals surface area contributed by atoms with Gasteiger partial charge in [-0.15, -0.1) is 0 Å². The van der Waals surface area contributed by atoms with Crippen LogP contribution in [0.25, 0.3) is 0 Å². The zero-order chi connectivity index (χ0) is 56.6. The van der Waals surface area contributed by atoms with E-state index >= 15 is 0 Å². The molecule has 0 N–H and O–H groups in total. The standard InChI is InChI=1S/4C12H11N2O2.4CHNO.4Cd/c4*1-16-12(15,10-6-2-4-8-13-10)11-7-3-5-9-14-11;4*2-1-3;;;;/h4*2-9H,1H3;4*3H;;;;/q4*-1;;;;;4*+2/p-4. The second-order valence-corrected chi connectivity index (χ2v) is 13.4. The molecule has 8 aromatic heterocycles. The van der Waals surface area contributed by atoms with Crippen molar-refractivity contribution in [1.29, 1.82) is 21.0 Å². The predicted octanol–water partition coefficient (Wildman–Crippen LogP) is -1.96. The van der Waals surface area contributed by atoms with E-state index in [2.05, 4.69) is 39.9 Å². The van der Waals surface area contributed by atoms with E-state index < -0.39 is 23.1 Å². The zero-order valence-electron chi connectivity index (χ0n) is 43.6. The van der Waals surface area contributed by atoms with Crippen molar-refractivity contribution in [2.45, 2.75) is 23.1 Å². The molecule has 0 aliphatic heterocycles. The minimum absolute atomic E-state index is 0. The van der Waals surface area contributed by atoms with Crippen LogP contribution in [0.2, 0.25) is 0 Å². The first-order chi connectivity index (χ1) is 36.7. The van der Waals surface area contributed by atoms with E-state index in [1.54, 1.807) is 195 Å². The van der Waals surface area contributed by atoms with Gasteiger partial charge in [0.1, 0.15) is 0 Å². The molecular formula is C52H44Cd4N12O12. The molecule has 0 saturated carbocycles. The average Bonchev–Trinajstić information content (AvgIpc) is 3.49. The topological polar surface area (TPSA) is 420 Å². The SMILES string of the molecule is COC([O-])(c1ccccn1)c1ccccn1.COC([O-])(c1ccccn1)c1ccccn1.COC([O-])(c1ccccn1)c1ccccn1.COC([O-])(c1ccccn1)c1ccccn1.N#C[O-].N#C[O-].N#C[O-].N#C[O-].[Cd+2].[Cd+2].[Cd+2].[Cd+2]. The third-order valence-corrected chi connectivity index (χ3v) is 9.17. The van der Waals surface area contributed by atoms with E-state index in [4.69, 9.17) is 60.4 Å². The van der Waals surface area contributed by atoms with Gasteiger partial charge in [0.05, 0.1) is 68.7 Å². The summed E-state index contributed by atoms with van der Waals surface area (Å²) in [5, 5.41) is 110. The summed E-state index contributed by atoms with van der Waals surface area (Å²) in [4.78, 5) is 32.2. The summed E-state index contributed by atoms with van der Waals surface area (Å²) < 4.78 is 20.1. The van der Waals surface area contributed by atoms with Gasteiger partial charge in [0.15, 0.2) is 0 Å². The maximum Gasteiger partial charge on any atom is 2.00 e. The summed E-state index contributed by atoms with van der Waals surface area (Å²) in [6, 6.07) is 41.0. The van der Waals surface area contributed by atoms with Crippen LogP contribution in [0.15, 0.2) is 195 Å². The van der Waals surface area contributed by atoms with Gasteiger partial charge in [-0.25, -0.2) is 21.0 Å². The van der Waals surface area contributed by atoms with Crippen molar-refractivity contribution < 1.29 is 169 Å². The number of ether oxygens (including phenoxy) is 4. The van der Waals surface area contributed by atoms with Crippen LogP contribution in [0.3, 0.4) is 0 Å². The fourth-order valence-electron chi connectivity index (χ4n) is 5.82. The Morgan fingerprint density at radius 1 is 0.275 bits per heavy atom. The van der Waals surface area contributed by atoms with E-state index in [0.29, 0.717) is 70.6 Å². The van der Waals surface area contributed by atoms with Crippen molar-refractivity contribution >= 4 is 0 Å². The van der Waals surface area contributed by atoms with Crippen molar-refractivity contribution in [3.05, 3.63) is 241 Å². The van der Waals surface area contributed by atoms with Crippen molar-refractivity contribution in [1.82, 2.24) is 39.9 Å². The first-order valence-corrected chi connectivity index (χ1v) is 21.1. The summed E-state index contributed by atoms with van der Waals surface area (Å²) in [6.45, 7) is 0. The van der Waals surface area contributed by atoms with Gasteiger partial charge in [-0.3, -0.25) is 39.9 Å². The molecule has 0 aliphatic carbocycles. The van der Waals surface area contributed by atoms with Gasteiger partial charge in [0.25, 0.3) is 0 Å². The van der Waals surface area contributed by atoms with Crippen LogP contribution in [-0.2, 0) is 151 Å². The third kappa shape index (κ3) is 25.9. The monoisotopic (exact) mass is 1480 g/mol. The Labute approximate surface area is 542 Å². The van der Waals surface area contributed by atoms with Crippen LogP contribution in [0.1, 0.15) is 45.6 Å². The largest absolute Gasteiger partial charge is 2.00 e. The number of rotatable bonds is 12. The van der Waals surface area contributed by atoms with Crippen LogP contribution < -0.4 is 40.9 Å². The smallest absolute Gasteiger partial charge is 0.819 e. The molecular weight excluding hydrogens is 1430 g/mol. The van der Waals surface area contributed by atoms with Crippen LogP contribution >= 0.6 is 0 Å². The molecule has 0 saturated heterocycles. The van der Waals surface area contributed by atoms with Crippen LogP contribution in [-0.4, -0.2) is 68.3 Å². The molecule has 0 atom stereocenters. The van der Waals surface area contributed by atoms with E-state index in [1.807, 2.05) is 0 Å². The quantitative estimate of drug-likeness (QED) is 0.0728. The van der Waals surface area contributed by atoms with Gasteiger partial charge in [0, 0.05) is 103 Å². The molecule has 0 bridgehead atoms. The van der Waals surface area contributed by atoms with Crippen LogP contribution in [0.4, 0.5) is 0 Å². The molecule has 392 valence electrons. The Hall–Kier alpha value is -6.27. The summed E-state index contributed by atoms with van der Waals surface area (Å²) in [7, 11) is 5.43. The number of nitriles is 4. The van der Waals surface area contributed by atoms with E-state index in [9.17, 15) is 20.4 Å². The Bertz CT molecular complexity index is 2370. The van der Waals surface area contributed by atoms with Crippen molar-refractivity contribution in [3.8, 4) is 25.0 Å². The molecule has 28 heteroatoms. The minimum Gasteiger partial charge on any atom is -0.819 e. The van der Waals surface area contributed by atoms with Gasteiger partial charge < -0.3 is 59.8 Å². The molecule has 80 heavy (non-hydrogen) atoms. The molecule has 8 aromatic rings. The zero-order valence-corrected chi connectivity index (χ0v) is 59.7. The molecule has 0 amide bonds. The first-order valence-electron chi connectivity index (χ1n) is 21.1. The van der Waals surface area contributed by atoms with Gasteiger partial charge in [-0.2, -0.15) is 0 Å². The minimum atomic E-state index is -1.84. The Kier molecular flexibility index (Phi) is 46.6. The second kappa shape index (κ2) is 46.5. The van der Waals surface area contributed by atoms with Crippen LogP contribution in [0, 0.1) is 46.1 Å². The van der Waals surface area contributed by atoms with Crippen molar-refractivity contribution in [2.24, 2.45) is 0 Å². The molecule has 0 aromatic carbocycles. The third-order valence-electron chi connectivity index (χ3n) is 9.17. The van der Waals surface area contributed by atoms with E-state index in [1.165, 1.54) is 28.4 Å². The van der Waals surface area contributed by atoms with Gasteiger partial charge in [0.2, 0.25) is 0 Å². The first kappa shape index (κ1) is 80.2. The van der Waals surface area contributed by atoms with Crippen LogP contribution in [0.5, 0.6) is 0 Å². The second-order valence-electron chi connectivity index (χ2n) is 13.4. The molecule has 0 aliphatic rings. The Morgan fingerprint density at radius 3 is 0.438 bits per heavy atom. The van der Waals surface area contributed by atoms with E-state index in [-0.39, 0.29) is 109 Å². The molecule has 24 nitrogen and oxygen atoms in total. The van der Waals surface area contributed by atoms with Crippen molar-refractivity contribution in [3.63, 3.8) is 0 Å². The van der Waals surface area contributed by atoms with Crippen molar-refractivity contribution in [2.75, 3.05) is 28.4 Å². The average molecular weight is 1480 g/mol. The fourth-order valence-corrected chi connectivity index (χ4v) is 5.82. The summed E-state index contributed by atoms with van der Waals surface area (Å²) in [5.41, 5.74) is 2.42. The number of aromatic nitrogens is 8. The van der Waals surface area contributed by atoms with Gasteiger partial charge >= 0.3 is 109 Å². The van der Waals surface area contributed by atoms with Gasteiger partial charge in [-0.05, 0) is 97.1 Å².